The van der Waals surface area contributed by atoms with Crippen molar-refractivity contribution in [2.24, 2.45) is 0 Å². The molecule has 0 fully saturated rings. The number of fused-ring (bicyclic) bond motifs is 1. The maximum absolute atomic E-state index is 13.9. The summed E-state index contributed by atoms with van der Waals surface area (Å²) >= 11 is 0. The molecule has 0 spiro atoms. The highest BCUT2D eigenvalue weighted by molar-refractivity contribution is 5.88. The Bertz CT molecular complexity index is 1350. The zero-order chi connectivity index (χ0) is 21.3. The summed E-state index contributed by atoms with van der Waals surface area (Å²) in [6.45, 7) is 1.25. The van der Waals surface area contributed by atoms with E-state index in [4.69, 9.17) is 0 Å². The molecule has 2 heterocycles. The fourth-order valence-corrected chi connectivity index (χ4v) is 3.19. The number of nitrogens with zero attached hydrogens (tertiary/aromatic N) is 2. The van der Waals surface area contributed by atoms with Crippen LogP contribution in [0.15, 0.2) is 58.1 Å². The minimum absolute atomic E-state index is 0.149. The van der Waals surface area contributed by atoms with E-state index in [2.05, 4.69) is 20.3 Å². The number of aromatic nitrogens is 4. The van der Waals surface area contributed by atoms with Gasteiger partial charge in [-0.2, -0.15) is 0 Å². The van der Waals surface area contributed by atoms with Crippen LogP contribution < -0.4 is 16.6 Å². The minimum atomic E-state index is -0.659. The molecule has 0 saturated carbocycles. The van der Waals surface area contributed by atoms with E-state index in [-0.39, 0.29) is 29.2 Å². The van der Waals surface area contributed by atoms with Crippen LogP contribution in [0.1, 0.15) is 23.9 Å². The lowest BCUT2D eigenvalue weighted by Crippen LogP contribution is -2.35. The normalized spacial score (nSPS) is 11.0. The number of carbonyl (C=O) groups excluding carboxylic acids is 1. The number of rotatable bonds is 5. The van der Waals surface area contributed by atoms with Crippen LogP contribution in [-0.4, -0.2) is 25.4 Å². The van der Waals surface area contributed by atoms with Gasteiger partial charge in [-0.05, 0) is 23.8 Å². The van der Waals surface area contributed by atoms with Crippen LogP contribution in [0.4, 0.5) is 10.1 Å². The van der Waals surface area contributed by atoms with Crippen molar-refractivity contribution in [1.29, 1.82) is 0 Å². The molecule has 0 aliphatic rings. The maximum Gasteiger partial charge on any atom is 0.330 e. The van der Waals surface area contributed by atoms with E-state index in [1.165, 1.54) is 19.1 Å². The van der Waals surface area contributed by atoms with Crippen molar-refractivity contribution in [3.63, 3.8) is 0 Å². The molecule has 152 valence electrons. The molecule has 8 nitrogen and oxygen atoms in total. The number of H-pyrrole nitrogens is 2. The van der Waals surface area contributed by atoms with E-state index in [0.717, 1.165) is 10.1 Å². The van der Waals surface area contributed by atoms with Crippen LogP contribution in [0.25, 0.3) is 11.2 Å². The number of aromatic amines is 2. The quantitative estimate of drug-likeness (QED) is 0.470. The number of halogens is 1. The van der Waals surface area contributed by atoms with Gasteiger partial charge < -0.3 is 10.3 Å². The average molecular weight is 407 g/mol. The molecule has 4 aromatic rings. The molecule has 0 atom stereocenters. The van der Waals surface area contributed by atoms with Gasteiger partial charge in [-0.3, -0.25) is 19.1 Å². The summed E-state index contributed by atoms with van der Waals surface area (Å²) in [5, 5.41) is 2.69. The average Bonchev–Trinajstić information content (AvgIpc) is 3.10. The highest BCUT2D eigenvalue weighted by atomic mass is 19.1. The third kappa shape index (κ3) is 3.90. The molecular formula is C21H18FN5O3. The maximum atomic E-state index is 13.9. The van der Waals surface area contributed by atoms with E-state index in [1.807, 2.05) is 12.1 Å². The summed E-state index contributed by atoms with van der Waals surface area (Å²) in [5.41, 5.74) is 0.887. The lowest BCUT2D eigenvalue weighted by molar-refractivity contribution is -0.114. The Labute approximate surface area is 169 Å². The molecule has 0 radical (unpaired) electrons. The van der Waals surface area contributed by atoms with Crippen LogP contribution in [0.5, 0.6) is 0 Å². The predicted octanol–water partition coefficient (Wildman–Crippen LogP) is 2.15. The van der Waals surface area contributed by atoms with Crippen molar-refractivity contribution in [3.8, 4) is 0 Å². The highest BCUT2D eigenvalue weighted by Crippen LogP contribution is 2.14. The molecule has 0 unspecified atom stereocenters. The summed E-state index contributed by atoms with van der Waals surface area (Å²) in [4.78, 5) is 46.1. The SMILES string of the molecule is CC(=O)Nc1ccc(Cc2nc3[nH]c(=O)n(Cc4ccccc4F)c(=O)c3[nH]2)cc1. The molecule has 4 rings (SSSR count). The van der Waals surface area contributed by atoms with Crippen molar-refractivity contribution in [2.75, 3.05) is 5.32 Å². The van der Waals surface area contributed by atoms with Crippen LogP contribution in [0, 0.1) is 5.82 Å². The summed E-state index contributed by atoms with van der Waals surface area (Å²) in [5.74, 6) is -0.152. The number of nitrogens with one attached hydrogen (secondary N) is 3. The second-order valence-corrected chi connectivity index (χ2v) is 6.87. The predicted molar refractivity (Wildman–Crippen MR) is 110 cm³/mol. The number of carbonyl (C=O) groups is 1. The number of hydrogen-bond donors (Lipinski definition) is 3. The zero-order valence-corrected chi connectivity index (χ0v) is 16.0. The Morgan fingerprint density at radius 1 is 1.10 bits per heavy atom. The Morgan fingerprint density at radius 3 is 2.53 bits per heavy atom. The fourth-order valence-electron chi connectivity index (χ4n) is 3.19. The first-order valence-electron chi connectivity index (χ1n) is 9.22. The topological polar surface area (TPSA) is 113 Å². The summed E-state index contributed by atoms with van der Waals surface area (Å²) in [6, 6.07) is 13.2. The van der Waals surface area contributed by atoms with Gasteiger partial charge >= 0.3 is 5.69 Å². The third-order valence-corrected chi connectivity index (χ3v) is 4.61. The first-order valence-corrected chi connectivity index (χ1v) is 9.22. The summed E-state index contributed by atoms with van der Waals surface area (Å²) < 4.78 is 14.9. The molecule has 2 aromatic heterocycles. The van der Waals surface area contributed by atoms with E-state index < -0.39 is 17.1 Å². The molecule has 3 N–H and O–H groups in total. The number of hydrogen-bond acceptors (Lipinski definition) is 4. The van der Waals surface area contributed by atoms with Gasteiger partial charge in [0.05, 0.1) is 6.54 Å². The summed E-state index contributed by atoms with van der Waals surface area (Å²) in [6.07, 6.45) is 0.393. The lowest BCUT2D eigenvalue weighted by Gasteiger charge is -2.05. The van der Waals surface area contributed by atoms with Crippen LogP contribution in [0.2, 0.25) is 0 Å². The van der Waals surface area contributed by atoms with E-state index in [1.54, 1.807) is 24.3 Å². The smallest absolute Gasteiger partial charge is 0.330 e. The standard InChI is InChI=1S/C21H18FN5O3/c1-12(28)23-15-8-6-13(7-9-15)10-17-24-18-19(25-17)26-21(30)27(20(18)29)11-14-4-2-3-5-16(14)22/h2-9H,10-11H2,1H3,(H,23,28)(H,24,25)(H,26,30). The second-order valence-electron chi connectivity index (χ2n) is 6.87. The lowest BCUT2D eigenvalue weighted by atomic mass is 10.1. The minimum Gasteiger partial charge on any atom is -0.336 e. The number of imidazole rings is 1. The van der Waals surface area contributed by atoms with Crippen LogP contribution >= 0.6 is 0 Å². The van der Waals surface area contributed by atoms with Crippen LogP contribution in [0.3, 0.4) is 0 Å². The fraction of sp³-hybridized carbons (Fsp3) is 0.143. The Kier molecular flexibility index (Phi) is 5.01. The first kappa shape index (κ1) is 19.3. The molecular weight excluding hydrogens is 389 g/mol. The monoisotopic (exact) mass is 407 g/mol. The Balaban J connectivity index is 1.64. The van der Waals surface area contributed by atoms with Gasteiger partial charge in [0, 0.05) is 24.6 Å². The van der Waals surface area contributed by atoms with Crippen LogP contribution in [-0.2, 0) is 17.8 Å². The van der Waals surface area contributed by atoms with E-state index in [9.17, 15) is 18.8 Å². The van der Waals surface area contributed by atoms with E-state index in [0.29, 0.717) is 17.9 Å². The molecule has 0 bridgehead atoms. The van der Waals surface area contributed by atoms with Crippen molar-refractivity contribution in [1.82, 2.24) is 19.5 Å². The van der Waals surface area contributed by atoms with Crippen molar-refractivity contribution >= 4 is 22.8 Å². The number of benzene rings is 2. The van der Waals surface area contributed by atoms with Crippen molar-refractivity contribution in [3.05, 3.63) is 92.1 Å². The first-order chi connectivity index (χ1) is 14.4. The summed E-state index contributed by atoms with van der Waals surface area (Å²) in [7, 11) is 0. The molecule has 0 aliphatic heterocycles. The third-order valence-electron chi connectivity index (χ3n) is 4.61. The van der Waals surface area contributed by atoms with E-state index >= 15 is 0 Å². The Hall–Kier alpha value is -4.01. The number of anilines is 1. The van der Waals surface area contributed by atoms with Gasteiger partial charge in [-0.1, -0.05) is 30.3 Å². The Morgan fingerprint density at radius 2 is 1.83 bits per heavy atom. The van der Waals surface area contributed by atoms with Crippen molar-refractivity contribution < 1.29 is 9.18 Å². The van der Waals surface area contributed by atoms with Gasteiger partial charge in [0.2, 0.25) is 5.91 Å². The molecule has 1 amide bonds. The molecule has 2 aromatic carbocycles. The largest absolute Gasteiger partial charge is 0.336 e. The van der Waals surface area contributed by atoms with Gasteiger partial charge in [-0.25, -0.2) is 14.2 Å². The van der Waals surface area contributed by atoms with Gasteiger partial charge in [0.15, 0.2) is 5.65 Å². The van der Waals surface area contributed by atoms with Gasteiger partial charge in [-0.15, -0.1) is 0 Å². The van der Waals surface area contributed by atoms with Gasteiger partial charge in [0.25, 0.3) is 5.56 Å². The highest BCUT2D eigenvalue weighted by Gasteiger charge is 2.14. The van der Waals surface area contributed by atoms with Crippen molar-refractivity contribution in [2.45, 2.75) is 19.9 Å². The molecule has 0 saturated heterocycles. The molecule has 30 heavy (non-hydrogen) atoms. The van der Waals surface area contributed by atoms with Gasteiger partial charge in [0.1, 0.15) is 17.2 Å². The zero-order valence-electron chi connectivity index (χ0n) is 16.0. The molecule has 0 aliphatic carbocycles. The second kappa shape index (κ2) is 7.78. The number of amides is 1. The molecule has 9 heteroatoms.